The van der Waals surface area contributed by atoms with Crippen molar-refractivity contribution in [2.24, 2.45) is 18.4 Å². The molecule has 0 N–H and O–H groups in total. The first-order valence-corrected chi connectivity index (χ1v) is 11.6. The Labute approximate surface area is 185 Å². The van der Waals surface area contributed by atoms with Crippen LogP contribution in [0.4, 0.5) is 0 Å². The highest BCUT2D eigenvalue weighted by atomic mass is 16.3. The van der Waals surface area contributed by atoms with Gasteiger partial charge in [0.15, 0.2) is 11.8 Å². The minimum absolute atomic E-state index is 0.519. The van der Waals surface area contributed by atoms with E-state index in [2.05, 4.69) is 80.0 Å². The lowest BCUT2D eigenvalue weighted by Crippen LogP contribution is -2.31. The molecule has 0 spiro atoms. The van der Waals surface area contributed by atoms with Crippen molar-refractivity contribution >= 4 is 22.1 Å². The first-order valence-electron chi connectivity index (χ1n) is 11.6. The molecular formula is C28H33N2O+. The molecule has 1 saturated carbocycles. The Morgan fingerprint density at radius 3 is 2.55 bits per heavy atom. The molecule has 4 aromatic rings. The van der Waals surface area contributed by atoms with Crippen molar-refractivity contribution in [3.8, 4) is 11.3 Å². The molecule has 3 nitrogen and oxygen atoms in total. The van der Waals surface area contributed by atoms with E-state index in [-0.39, 0.29) is 0 Å². The first-order chi connectivity index (χ1) is 14.8. The van der Waals surface area contributed by atoms with Crippen LogP contribution >= 0.6 is 0 Å². The quantitative estimate of drug-likeness (QED) is 0.344. The van der Waals surface area contributed by atoms with Gasteiger partial charge in [0.05, 0.1) is 5.56 Å². The minimum Gasteiger partial charge on any atom is -0.437 e. The van der Waals surface area contributed by atoms with Gasteiger partial charge in [0.1, 0.15) is 7.05 Å². The predicted molar refractivity (Wildman–Crippen MR) is 127 cm³/mol. The van der Waals surface area contributed by atoms with Crippen LogP contribution in [0.1, 0.15) is 56.4 Å². The Kier molecular flexibility index (Phi) is 4.88. The van der Waals surface area contributed by atoms with E-state index in [9.17, 15) is 0 Å². The maximum atomic E-state index is 6.34. The number of aryl methyl sites for hydroxylation is 3. The number of benzene rings is 1. The van der Waals surface area contributed by atoms with Gasteiger partial charge in [-0.25, -0.2) is 9.55 Å². The number of nitrogens with zero attached hydrogens (tertiary/aromatic N) is 2. The van der Waals surface area contributed by atoms with Crippen LogP contribution in [0, 0.1) is 25.2 Å². The maximum Gasteiger partial charge on any atom is 0.227 e. The monoisotopic (exact) mass is 413 g/mol. The summed E-state index contributed by atoms with van der Waals surface area (Å²) in [6, 6.07) is 13.2. The third kappa shape index (κ3) is 3.75. The number of hydrogen-bond donors (Lipinski definition) is 0. The van der Waals surface area contributed by atoms with Gasteiger partial charge in [-0.1, -0.05) is 26.0 Å². The van der Waals surface area contributed by atoms with E-state index in [4.69, 9.17) is 4.42 Å². The third-order valence-electron chi connectivity index (χ3n) is 7.31. The molecule has 31 heavy (non-hydrogen) atoms. The van der Waals surface area contributed by atoms with Crippen LogP contribution in [0.2, 0.25) is 0 Å². The van der Waals surface area contributed by atoms with Gasteiger partial charge in [-0.15, -0.1) is 0 Å². The van der Waals surface area contributed by atoms with Crippen molar-refractivity contribution in [2.75, 3.05) is 0 Å². The topological polar surface area (TPSA) is 29.9 Å². The Bertz CT molecular complexity index is 1270. The summed E-state index contributed by atoms with van der Waals surface area (Å²) < 4.78 is 8.57. The molecule has 3 aromatic heterocycles. The number of fused-ring (bicyclic) bond motifs is 3. The number of aromatic nitrogens is 2. The highest BCUT2D eigenvalue weighted by Crippen LogP contribution is 2.40. The lowest BCUT2D eigenvalue weighted by atomic mass is 9.72. The van der Waals surface area contributed by atoms with E-state index in [0.29, 0.717) is 5.41 Å². The SMILES string of the molecule is Cc1ccc2c(n1)oc1c(-c3cc(CC4CCC(C)(C)CC4)cc[n+]3C)c(C)ccc12. The van der Waals surface area contributed by atoms with Gasteiger partial charge in [-0.05, 0) is 80.5 Å². The minimum atomic E-state index is 0.519. The van der Waals surface area contributed by atoms with Crippen molar-refractivity contribution in [3.63, 3.8) is 0 Å². The Hall–Kier alpha value is -2.68. The Morgan fingerprint density at radius 2 is 1.77 bits per heavy atom. The fraction of sp³-hybridized carbons (Fsp3) is 0.429. The maximum absolute atomic E-state index is 6.34. The number of hydrogen-bond acceptors (Lipinski definition) is 2. The second kappa shape index (κ2) is 7.47. The molecule has 1 fully saturated rings. The lowest BCUT2D eigenvalue weighted by Gasteiger charge is -2.34. The van der Waals surface area contributed by atoms with Gasteiger partial charge in [-0.2, -0.15) is 0 Å². The van der Waals surface area contributed by atoms with Crippen LogP contribution in [0.15, 0.2) is 47.0 Å². The van der Waals surface area contributed by atoms with Crippen LogP contribution in [0.5, 0.6) is 0 Å². The third-order valence-corrected chi connectivity index (χ3v) is 7.31. The van der Waals surface area contributed by atoms with Gasteiger partial charge in [0, 0.05) is 28.6 Å². The van der Waals surface area contributed by atoms with Gasteiger partial charge in [0.25, 0.3) is 0 Å². The van der Waals surface area contributed by atoms with E-state index < -0.39 is 0 Å². The molecule has 0 bridgehead atoms. The zero-order chi connectivity index (χ0) is 21.8. The van der Waals surface area contributed by atoms with Crippen LogP contribution in [-0.2, 0) is 13.5 Å². The number of furan rings is 1. The summed E-state index contributed by atoms with van der Waals surface area (Å²) in [5.74, 6) is 0.795. The molecule has 0 unspecified atom stereocenters. The number of rotatable bonds is 3. The van der Waals surface area contributed by atoms with Crippen LogP contribution in [0.25, 0.3) is 33.3 Å². The molecule has 1 aromatic carbocycles. The van der Waals surface area contributed by atoms with E-state index in [1.165, 1.54) is 54.5 Å². The van der Waals surface area contributed by atoms with Crippen LogP contribution < -0.4 is 4.57 Å². The summed E-state index contributed by atoms with van der Waals surface area (Å²) in [6.45, 7) is 9.01. The Balaban J connectivity index is 1.57. The summed E-state index contributed by atoms with van der Waals surface area (Å²) in [7, 11) is 2.13. The highest BCUT2D eigenvalue weighted by Gasteiger charge is 2.27. The molecule has 1 aliphatic rings. The average Bonchev–Trinajstić information content (AvgIpc) is 3.08. The van der Waals surface area contributed by atoms with Gasteiger partial charge in [-0.3, -0.25) is 0 Å². The fourth-order valence-corrected chi connectivity index (χ4v) is 5.22. The van der Waals surface area contributed by atoms with Crippen molar-refractivity contribution in [1.29, 1.82) is 0 Å². The van der Waals surface area contributed by atoms with E-state index in [0.717, 1.165) is 33.7 Å². The van der Waals surface area contributed by atoms with Crippen molar-refractivity contribution < 1.29 is 8.98 Å². The van der Waals surface area contributed by atoms with Crippen LogP contribution in [0.3, 0.4) is 0 Å². The highest BCUT2D eigenvalue weighted by molar-refractivity contribution is 6.08. The second-order valence-electron chi connectivity index (χ2n) is 10.4. The standard InChI is InChI=1S/C28H33N2O/c1-18-6-8-22-23-9-7-19(2)29-27(23)31-26(22)25(18)24-17-21(12-15-30(24)5)16-20-10-13-28(3,4)14-11-20/h6-9,12,15,17,20H,10-11,13-14,16H2,1-5H3/q+1. The Morgan fingerprint density at radius 1 is 1.03 bits per heavy atom. The molecule has 1 aliphatic carbocycles. The zero-order valence-electron chi connectivity index (χ0n) is 19.5. The van der Waals surface area contributed by atoms with Gasteiger partial charge >= 0.3 is 0 Å². The summed E-state index contributed by atoms with van der Waals surface area (Å²) in [5.41, 5.74) is 8.23. The molecule has 160 valence electrons. The second-order valence-corrected chi connectivity index (χ2v) is 10.4. The van der Waals surface area contributed by atoms with Crippen molar-refractivity contribution in [3.05, 3.63) is 59.4 Å². The molecule has 0 aliphatic heterocycles. The molecule has 0 atom stereocenters. The van der Waals surface area contributed by atoms with E-state index in [1.54, 1.807) is 0 Å². The van der Waals surface area contributed by atoms with Crippen molar-refractivity contribution in [2.45, 2.75) is 59.8 Å². The molecule has 0 radical (unpaired) electrons. The van der Waals surface area contributed by atoms with Gasteiger partial charge < -0.3 is 4.42 Å². The summed E-state index contributed by atoms with van der Waals surface area (Å²) in [6.07, 6.45) is 8.74. The van der Waals surface area contributed by atoms with E-state index in [1.807, 2.05) is 6.92 Å². The molecule has 5 rings (SSSR count). The smallest absolute Gasteiger partial charge is 0.227 e. The first kappa shape index (κ1) is 20.2. The predicted octanol–water partition coefficient (Wildman–Crippen LogP) is 6.85. The molecule has 3 heteroatoms. The van der Waals surface area contributed by atoms with Gasteiger partial charge in [0.2, 0.25) is 11.4 Å². The summed E-state index contributed by atoms with van der Waals surface area (Å²) in [4.78, 5) is 4.63. The molecule has 0 amide bonds. The van der Waals surface area contributed by atoms with E-state index >= 15 is 0 Å². The molecule has 0 saturated heterocycles. The summed E-state index contributed by atoms with van der Waals surface area (Å²) in [5, 5.41) is 2.23. The zero-order valence-corrected chi connectivity index (χ0v) is 19.5. The molecular weight excluding hydrogens is 380 g/mol. The fourth-order valence-electron chi connectivity index (χ4n) is 5.22. The largest absolute Gasteiger partial charge is 0.437 e. The summed E-state index contributed by atoms with van der Waals surface area (Å²) >= 11 is 0. The van der Waals surface area contributed by atoms with Crippen molar-refractivity contribution in [1.82, 2.24) is 4.98 Å². The normalized spacial score (nSPS) is 16.9. The lowest BCUT2D eigenvalue weighted by molar-refractivity contribution is -0.660. The average molecular weight is 414 g/mol. The van der Waals surface area contributed by atoms with Crippen LogP contribution in [-0.4, -0.2) is 4.98 Å². The number of pyridine rings is 2. The molecule has 3 heterocycles.